The minimum absolute atomic E-state index is 0.319. The van der Waals surface area contributed by atoms with Gasteiger partial charge in [-0.15, -0.1) is 0 Å². The van der Waals surface area contributed by atoms with E-state index in [0.717, 1.165) is 29.7 Å². The molecular formula is C11H15NO2. The summed E-state index contributed by atoms with van der Waals surface area (Å²) in [7, 11) is 0. The van der Waals surface area contributed by atoms with Gasteiger partial charge in [-0.2, -0.15) is 0 Å². The summed E-state index contributed by atoms with van der Waals surface area (Å²) in [6.45, 7) is 5.85. The fraction of sp³-hybridized carbons (Fsp3) is 0.455. The summed E-state index contributed by atoms with van der Waals surface area (Å²) >= 11 is 0. The van der Waals surface area contributed by atoms with Gasteiger partial charge in [0.15, 0.2) is 0 Å². The highest BCUT2D eigenvalue weighted by molar-refractivity contribution is 5.89. The Hall–Kier alpha value is -1.38. The van der Waals surface area contributed by atoms with Crippen molar-refractivity contribution in [3.05, 3.63) is 28.6 Å². The first-order valence-electron chi connectivity index (χ1n) is 4.76. The van der Waals surface area contributed by atoms with Gasteiger partial charge >= 0.3 is 5.97 Å². The molecule has 0 aliphatic carbocycles. The lowest BCUT2D eigenvalue weighted by Gasteiger charge is -2.09. The Labute approximate surface area is 83.8 Å². The van der Waals surface area contributed by atoms with Crippen LogP contribution < -0.4 is 0 Å². The molecule has 0 saturated heterocycles. The summed E-state index contributed by atoms with van der Waals surface area (Å²) in [5, 5.41) is 8.91. The third kappa shape index (κ3) is 1.92. The van der Waals surface area contributed by atoms with Crippen molar-refractivity contribution in [2.45, 2.75) is 33.6 Å². The highest BCUT2D eigenvalue weighted by atomic mass is 16.4. The SMILES string of the molecule is CCCc1c(C)ncc(C(=O)O)c1C. The van der Waals surface area contributed by atoms with Crippen molar-refractivity contribution in [3.63, 3.8) is 0 Å². The zero-order valence-electron chi connectivity index (χ0n) is 8.79. The highest BCUT2D eigenvalue weighted by Crippen LogP contribution is 2.17. The maximum atomic E-state index is 10.8. The second-order valence-electron chi connectivity index (χ2n) is 3.42. The van der Waals surface area contributed by atoms with E-state index in [1.807, 2.05) is 13.8 Å². The first kappa shape index (κ1) is 10.7. The Balaban J connectivity index is 3.26. The van der Waals surface area contributed by atoms with Gasteiger partial charge in [-0.1, -0.05) is 13.3 Å². The van der Waals surface area contributed by atoms with Crippen LogP contribution in [0.2, 0.25) is 0 Å². The van der Waals surface area contributed by atoms with Gasteiger partial charge < -0.3 is 5.11 Å². The van der Waals surface area contributed by atoms with Crippen LogP contribution >= 0.6 is 0 Å². The smallest absolute Gasteiger partial charge is 0.337 e. The molecule has 1 rings (SSSR count). The fourth-order valence-corrected chi connectivity index (χ4v) is 1.60. The van der Waals surface area contributed by atoms with E-state index < -0.39 is 5.97 Å². The quantitative estimate of drug-likeness (QED) is 0.801. The average molecular weight is 193 g/mol. The molecule has 1 aromatic rings. The molecule has 3 heteroatoms. The van der Waals surface area contributed by atoms with Crippen LogP contribution in [0.1, 0.15) is 40.5 Å². The van der Waals surface area contributed by atoms with Gasteiger partial charge in [0.2, 0.25) is 0 Å². The van der Waals surface area contributed by atoms with Gasteiger partial charge in [0.1, 0.15) is 0 Å². The Kier molecular flexibility index (Phi) is 3.23. The van der Waals surface area contributed by atoms with E-state index in [-0.39, 0.29) is 0 Å². The first-order valence-corrected chi connectivity index (χ1v) is 4.76. The molecule has 1 aromatic heterocycles. The number of carboxylic acids is 1. The minimum Gasteiger partial charge on any atom is -0.478 e. The molecule has 14 heavy (non-hydrogen) atoms. The van der Waals surface area contributed by atoms with Crippen molar-refractivity contribution in [1.82, 2.24) is 4.98 Å². The number of carboxylic acid groups (broad SMARTS) is 1. The second-order valence-corrected chi connectivity index (χ2v) is 3.42. The van der Waals surface area contributed by atoms with Crippen LogP contribution in [0.25, 0.3) is 0 Å². The van der Waals surface area contributed by atoms with Crippen molar-refractivity contribution >= 4 is 5.97 Å². The Morgan fingerprint density at radius 3 is 2.64 bits per heavy atom. The number of aromatic carboxylic acids is 1. The first-order chi connectivity index (χ1) is 6.57. The van der Waals surface area contributed by atoms with E-state index in [1.165, 1.54) is 6.20 Å². The molecule has 3 nitrogen and oxygen atoms in total. The molecule has 0 radical (unpaired) electrons. The second kappa shape index (κ2) is 4.22. The van der Waals surface area contributed by atoms with Gasteiger partial charge in [0.25, 0.3) is 0 Å². The number of nitrogens with zero attached hydrogens (tertiary/aromatic N) is 1. The lowest BCUT2D eigenvalue weighted by Crippen LogP contribution is -2.06. The van der Waals surface area contributed by atoms with Crippen molar-refractivity contribution in [1.29, 1.82) is 0 Å². The largest absolute Gasteiger partial charge is 0.478 e. The van der Waals surface area contributed by atoms with Gasteiger partial charge in [-0.25, -0.2) is 4.79 Å². The lowest BCUT2D eigenvalue weighted by atomic mass is 9.99. The average Bonchev–Trinajstić information content (AvgIpc) is 2.11. The van der Waals surface area contributed by atoms with Crippen molar-refractivity contribution < 1.29 is 9.90 Å². The highest BCUT2D eigenvalue weighted by Gasteiger charge is 2.12. The van der Waals surface area contributed by atoms with Crippen LogP contribution in [-0.4, -0.2) is 16.1 Å². The van der Waals surface area contributed by atoms with E-state index in [9.17, 15) is 4.79 Å². The maximum absolute atomic E-state index is 10.8. The number of rotatable bonds is 3. The van der Waals surface area contributed by atoms with E-state index in [1.54, 1.807) is 0 Å². The number of carbonyl (C=O) groups is 1. The van der Waals surface area contributed by atoms with Crippen LogP contribution in [0.15, 0.2) is 6.20 Å². The van der Waals surface area contributed by atoms with Crippen LogP contribution in [0.4, 0.5) is 0 Å². The van der Waals surface area contributed by atoms with Gasteiger partial charge in [-0.05, 0) is 31.4 Å². The topological polar surface area (TPSA) is 50.2 Å². The van der Waals surface area contributed by atoms with Crippen LogP contribution in [0, 0.1) is 13.8 Å². The monoisotopic (exact) mass is 193 g/mol. The number of pyridine rings is 1. The lowest BCUT2D eigenvalue weighted by molar-refractivity contribution is 0.0695. The molecule has 0 fully saturated rings. The van der Waals surface area contributed by atoms with Crippen molar-refractivity contribution in [3.8, 4) is 0 Å². The van der Waals surface area contributed by atoms with Crippen LogP contribution in [-0.2, 0) is 6.42 Å². The summed E-state index contributed by atoms with van der Waals surface area (Å²) in [6.07, 6.45) is 3.34. The molecule has 0 aromatic carbocycles. The molecule has 0 atom stereocenters. The number of aromatic nitrogens is 1. The predicted molar refractivity (Wildman–Crippen MR) is 54.7 cm³/mol. The number of hydrogen-bond donors (Lipinski definition) is 1. The van der Waals surface area contributed by atoms with Crippen LogP contribution in [0.3, 0.4) is 0 Å². The molecular weight excluding hydrogens is 178 g/mol. The Morgan fingerprint density at radius 1 is 1.50 bits per heavy atom. The molecule has 0 saturated carbocycles. The van der Waals surface area contributed by atoms with Crippen molar-refractivity contribution in [2.24, 2.45) is 0 Å². The maximum Gasteiger partial charge on any atom is 0.337 e. The Morgan fingerprint density at radius 2 is 2.14 bits per heavy atom. The van der Waals surface area contributed by atoms with E-state index in [2.05, 4.69) is 11.9 Å². The van der Waals surface area contributed by atoms with Gasteiger partial charge in [0, 0.05) is 11.9 Å². The third-order valence-corrected chi connectivity index (χ3v) is 2.41. The summed E-state index contributed by atoms with van der Waals surface area (Å²) < 4.78 is 0. The molecule has 76 valence electrons. The number of aryl methyl sites for hydroxylation is 1. The predicted octanol–water partition coefficient (Wildman–Crippen LogP) is 2.35. The third-order valence-electron chi connectivity index (χ3n) is 2.41. The summed E-state index contributed by atoms with van der Waals surface area (Å²) in [6, 6.07) is 0. The van der Waals surface area contributed by atoms with E-state index in [4.69, 9.17) is 5.11 Å². The zero-order chi connectivity index (χ0) is 10.7. The number of hydrogen-bond acceptors (Lipinski definition) is 2. The molecule has 0 aliphatic heterocycles. The van der Waals surface area contributed by atoms with Gasteiger partial charge in [0.05, 0.1) is 5.56 Å². The molecule has 0 unspecified atom stereocenters. The molecule has 0 spiro atoms. The van der Waals surface area contributed by atoms with E-state index in [0.29, 0.717) is 5.56 Å². The summed E-state index contributed by atoms with van der Waals surface area (Å²) in [5.74, 6) is -0.896. The summed E-state index contributed by atoms with van der Waals surface area (Å²) in [4.78, 5) is 14.9. The van der Waals surface area contributed by atoms with Crippen molar-refractivity contribution in [2.75, 3.05) is 0 Å². The fourth-order valence-electron chi connectivity index (χ4n) is 1.60. The zero-order valence-corrected chi connectivity index (χ0v) is 8.79. The standard InChI is InChI=1S/C11H15NO2/c1-4-5-9-7(2)10(11(13)14)6-12-8(9)3/h6H,4-5H2,1-3H3,(H,13,14). The minimum atomic E-state index is -0.896. The van der Waals surface area contributed by atoms with Crippen LogP contribution in [0.5, 0.6) is 0 Å². The van der Waals surface area contributed by atoms with Gasteiger partial charge in [-0.3, -0.25) is 4.98 Å². The molecule has 0 aliphatic rings. The molecule has 0 bridgehead atoms. The molecule has 1 N–H and O–H groups in total. The Bertz CT molecular complexity index is 359. The van der Waals surface area contributed by atoms with E-state index >= 15 is 0 Å². The molecule has 0 amide bonds. The normalized spacial score (nSPS) is 10.2. The molecule has 1 heterocycles. The summed E-state index contributed by atoms with van der Waals surface area (Å²) in [5.41, 5.74) is 3.19.